The maximum atomic E-state index is 11.1. The molecule has 1 heterocycles. The highest BCUT2D eigenvalue weighted by atomic mass is 32.2. The van der Waals surface area contributed by atoms with Crippen LogP contribution in [0.25, 0.3) is 0 Å². The molecule has 0 N–H and O–H groups in total. The largest absolute Gasteiger partial charge is 0.294 e. The van der Waals surface area contributed by atoms with Crippen molar-refractivity contribution >= 4 is 15.6 Å². The van der Waals surface area contributed by atoms with E-state index in [-0.39, 0.29) is 22.4 Å². The van der Waals surface area contributed by atoms with E-state index in [1.807, 2.05) is 0 Å². The summed E-state index contributed by atoms with van der Waals surface area (Å²) in [7, 11) is -3.22. The number of allylic oxidation sites excluding steroid dienone is 2. The molecule has 3 nitrogen and oxygen atoms in total. The lowest BCUT2D eigenvalue weighted by Crippen LogP contribution is -2.09. The van der Waals surface area contributed by atoms with Gasteiger partial charge in [-0.3, -0.25) is 4.79 Å². The quantitative estimate of drug-likeness (QED) is 0.582. The van der Waals surface area contributed by atoms with Crippen LogP contribution < -0.4 is 0 Å². The zero-order valence-electron chi connectivity index (χ0n) is 6.49. The second kappa shape index (κ2) is 2.44. The van der Waals surface area contributed by atoms with E-state index in [4.69, 9.17) is 0 Å². The van der Waals surface area contributed by atoms with E-state index in [2.05, 4.69) is 0 Å². The Morgan fingerprint density at radius 1 is 1.45 bits per heavy atom. The maximum absolute atomic E-state index is 11.1. The molecule has 0 fully saturated rings. The second-order valence-electron chi connectivity index (χ2n) is 2.93. The number of carbonyl (C=O) groups excluding carboxylic acids is 1. The lowest BCUT2D eigenvalue weighted by atomic mass is 10.2. The molecule has 0 aromatic carbocycles. The number of ketones is 1. The van der Waals surface area contributed by atoms with Gasteiger partial charge < -0.3 is 0 Å². The Morgan fingerprint density at radius 3 is 2.18 bits per heavy atom. The molecule has 0 aromatic rings. The van der Waals surface area contributed by atoms with Crippen LogP contribution in [0.4, 0.5) is 0 Å². The Bertz CT molecular complexity index is 309. The minimum Gasteiger partial charge on any atom is -0.294 e. The molecule has 0 unspecified atom stereocenters. The molecule has 0 atom stereocenters. The van der Waals surface area contributed by atoms with Gasteiger partial charge in [0.1, 0.15) is 5.75 Å². The predicted molar refractivity (Wildman–Crippen MR) is 41.7 cm³/mol. The Labute approximate surface area is 66.0 Å². The third-order valence-electron chi connectivity index (χ3n) is 1.56. The van der Waals surface area contributed by atoms with Gasteiger partial charge in [0.05, 0.1) is 4.91 Å². The van der Waals surface area contributed by atoms with Crippen molar-refractivity contribution in [3.63, 3.8) is 0 Å². The van der Waals surface area contributed by atoms with E-state index in [0.717, 1.165) is 0 Å². The van der Waals surface area contributed by atoms with E-state index in [1.165, 1.54) is 6.08 Å². The van der Waals surface area contributed by atoms with Gasteiger partial charge in [0.25, 0.3) is 0 Å². The van der Waals surface area contributed by atoms with Gasteiger partial charge in [-0.05, 0) is 12.0 Å². The summed E-state index contributed by atoms with van der Waals surface area (Å²) in [6.45, 7) is 3.53. The Hall–Kier alpha value is -0.640. The van der Waals surface area contributed by atoms with Crippen LogP contribution >= 0.6 is 0 Å². The van der Waals surface area contributed by atoms with Gasteiger partial charge in [-0.25, -0.2) is 8.42 Å². The normalized spacial score (nSPS) is 22.5. The van der Waals surface area contributed by atoms with Gasteiger partial charge in [0.15, 0.2) is 15.6 Å². The van der Waals surface area contributed by atoms with E-state index < -0.39 is 9.84 Å². The average molecular weight is 174 g/mol. The SMILES string of the molecule is CC(C)C1=CC(=O)CS1(=O)=O. The average Bonchev–Trinajstić information content (AvgIpc) is 2.04. The first-order valence-electron chi connectivity index (χ1n) is 3.40. The lowest BCUT2D eigenvalue weighted by Gasteiger charge is -2.03. The fraction of sp³-hybridized carbons (Fsp3) is 0.571. The van der Waals surface area contributed by atoms with Crippen LogP contribution in [0.15, 0.2) is 11.0 Å². The van der Waals surface area contributed by atoms with Crippen molar-refractivity contribution < 1.29 is 13.2 Å². The van der Waals surface area contributed by atoms with Crippen LogP contribution in [0, 0.1) is 5.92 Å². The van der Waals surface area contributed by atoms with Crippen molar-refractivity contribution in [2.75, 3.05) is 5.75 Å². The van der Waals surface area contributed by atoms with Gasteiger partial charge in [0.2, 0.25) is 0 Å². The molecule has 0 spiro atoms. The molecule has 0 amide bonds. The van der Waals surface area contributed by atoms with Gasteiger partial charge >= 0.3 is 0 Å². The van der Waals surface area contributed by atoms with Crippen molar-refractivity contribution in [3.05, 3.63) is 11.0 Å². The van der Waals surface area contributed by atoms with Crippen molar-refractivity contribution in [3.8, 4) is 0 Å². The summed E-state index contributed by atoms with van der Waals surface area (Å²) in [4.78, 5) is 11.0. The van der Waals surface area contributed by atoms with Gasteiger partial charge in [-0.1, -0.05) is 13.8 Å². The summed E-state index contributed by atoms with van der Waals surface area (Å²) in [6.07, 6.45) is 1.24. The first-order valence-corrected chi connectivity index (χ1v) is 5.06. The third-order valence-corrected chi connectivity index (χ3v) is 3.54. The summed E-state index contributed by atoms with van der Waals surface area (Å²) < 4.78 is 22.2. The Balaban J connectivity index is 3.13. The molecule has 0 aromatic heterocycles. The first kappa shape index (κ1) is 8.46. The standard InChI is InChI=1S/C7H10O3S/c1-5(2)7-3-6(8)4-11(7,9)10/h3,5H,4H2,1-2H3. The predicted octanol–water partition coefficient (Wildman–Crippen LogP) is 0.524. The minimum atomic E-state index is -3.22. The van der Waals surface area contributed by atoms with Crippen molar-refractivity contribution in [1.29, 1.82) is 0 Å². The Kier molecular flexibility index (Phi) is 1.88. The smallest absolute Gasteiger partial charge is 0.182 e. The number of hydrogen-bond acceptors (Lipinski definition) is 3. The molecule has 1 rings (SSSR count). The molecule has 0 saturated carbocycles. The highest BCUT2D eigenvalue weighted by Crippen LogP contribution is 2.22. The van der Waals surface area contributed by atoms with Crippen LogP contribution in [0.1, 0.15) is 13.8 Å². The van der Waals surface area contributed by atoms with Crippen LogP contribution in [-0.4, -0.2) is 20.0 Å². The number of rotatable bonds is 1. The van der Waals surface area contributed by atoms with Gasteiger partial charge in [0, 0.05) is 0 Å². The molecular formula is C7H10O3S. The fourth-order valence-corrected chi connectivity index (χ4v) is 2.74. The van der Waals surface area contributed by atoms with Crippen molar-refractivity contribution in [2.45, 2.75) is 13.8 Å². The molecule has 0 bridgehead atoms. The number of carbonyl (C=O) groups is 1. The van der Waals surface area contributed by atoms with E-state index >= 15 is 0 Å². The van der Waals surface area contributed by atoms with E-state index in [1.54, 1.807) is 13.8 Å². The fourth-order valence-electron chi connectivity index (χ4n) is 1.09. The molecule has 11 heavy (non-hydrogen) atoms. The van der Waals surface area contributed by atoms with Crippen LogP contribution in [0.3, 0.4) is 0 Å². The Morgan fingerprint density at radius 2 is 2.00 bits per heavy atom. The monoisotopic (exact) mass is 174 g/mol. The molecule has 62 valence electrons. The number of sulfone groups is 1. The molecule has 1 aliphatic rings. The topological polar surface area (TPSA) is 51.2 Å². The van der Waals surface area contributed by atoms with Crippen LogP contribution in [-0.2, 0) is 14.6 Å². The zero-order chi connectivity index (χ0) is 8.65. The number of hydrogen-bond donors (Lipinski definition) is 0. The highest BCUT2D eigenvalue weighted by Gasteiger charge is 2.30. The zero-order valence-corrected chi connectivity index (χ0v) is 7.31. The van der Waals surface area contributed by atoms with Gasteiger partial charge in [-0.15, -0.1) is 0 Å². The molecule has 1 aliphatic heterocycles. The second-order valence-corrected chi connectivity index (χ2v) is 4.92. The molecule has 0 aliphatic carbocycles. The molecular weight excluding hydrogens is 164 g/mol. The highest BCUT2D eigenvalue weighted by molar-refractivity contribution is 7.96. The summed E-state index contributed by atoms with van der Waals surface area (Å²) >= 11 is 0. The minimum absolute atomic E-state index is 0.0774. The van der Waals surface area contributed by atoms with Crippen molar-refractivity contribution in [2.24, 2.45) is 5.92 Å². The third kappa shape index (κ3) is 1.50. The summed E-state index contributed by atoms with van der Waals surface area (Å²) in [6, 6.07) is 0. The van der Waals surface area contributed by atoms with Gasteiger partial charge in [-0.2, -0.15) is 0 Å². The lowest BCUT2D eigenvalue weighted by molar-refractivity contribution is -0.112. The van der Waals surface area contributed by atoms with E-state index in [0.29, 0.717) is 0 Å². The first-order chi connectivity index (χ1) is 4.93. The maximum Gasteiger partial charge on any atom is 0.182 e. The molecule has 0 saturated heterocycles. The molecule has 4 heteroatoms. The van der Waals surface area contributed by atoms with Crippen LogP contribution in [0.5, 0.6) is 0 Å². The summed E-state index contributed by atoms with van der Waals surface area (Å²) in [5.41, 5.74) is 0. The van der Waals surface area contributed by atoms with Crippen LogP contribution in [0.2, 0.25) is 0 Å². The van der Waals surface area contributed by atoms with Crippen molar-refractivity contribution in [1.82, 2.24) is 0 Å². The molecule has 0 radical (unpaired) electrons. The van der Waals surface area contributed by atoms with E-state index in [9.17, 15) is 13.2 Å². The summed E-state index contributed by atoms with van der Waals surface area (Å²) in [5, 5.41) is 0. The summed E-state index contributed by atoms with van der Waals surface area (Å²) in [5.74, 6) is -0.708.